The summed E-state index contributed by atoms with van der Waals surface area (Å²) in [6.45, 7) is 0.634. The summed E-state index contributed by atoms with van der Waals surface area (Å²) in [7, 11) is 3.40. The maximum absolute atomic E-state index is 13.3. The van der Waals surface area contributed by atoms with Gasteiger partial charge in [-0.3, -0.25) is 0 Å². The van der Waals surface area contributed by atoms with Gasteiger partial charge in [-0.1, -0.05) is 0 Å². The molecule has 0 bridgehead atoms. The van der Waals surface area contributed by atoms with E-state index in [1.54, 1.807) is 19.5 Å². The molecule has 0 spiro atoms. The third-order valence-electron chi connectivity index (χ3n) is 2.49. The molecule has 90 valence electrons. The predicted molar refractivity (Wildman–Crippen MR) is 63.3 cm³/mol. The van der Waals surface area contributed by atoms with Gasteiger partial charge in [-0.2, -0.15) is 0 Å². The van der Waals surface area contributed by atoms with E-state index in [1.807, 2.05) is 7.05 Å². The molecule has 0 amide bonds. The van der Waals surface area contributed by atoms with Crippen LogP contribution in [-0.2, 0) is 6.54 Å². The van der Waals surface area contributed by atoms with Crippen LogP contribution in [0.5, 0.6) is 5.75 Å². The van der Waals surface area contributed by atoms with Gasteiger partial charge in [0.25, 0.3) is 0 Å². The lowest BCUT2D eigenvalue weighted by atomic mass is 10.1. The monoisotopic (exact) mass is 235 g/mol. The first-order valence-electron chi connectivity index (χ1n) is 5.27. The number of rotatable bonds is 4. The number of ether oxygens (including phenoxy) is 1. The van der Waals surface area contributed by atoms with Crippen molar-refractivity contribution in [2.24, 2.45) is 0 Å². The molecule has 0 aliphatic carbocycles. The minimum atomic E-state index is -0.306. The molecule has 2 aromatic rings. The van der Waals surface area contributed by atoms with Crippen LogP contribution >= 0.6 is 0 Å². The zero-order chi connectivity index (χ0) is 12.3. The number of nitrogens with zero attached hydrogens (tertiary/aromatic N) is 1. The summed E-state index contributed by atoms with van der Waals surface area (Å²) in [6.07, 6.45) is 1.59. The largest absolute Gasteiger partial charge is 0.496 e. The quantitative estimate of drug-likeness (QED) is 0.851. The molecule has 0 saturated heterocycles. The summed E-state index contributed by atoms with van der Waals surface area (Å²) in [5.74, 6) is 0.301. The van der Waals surface area contributed by atoms with Crippen LogP contribution in [0.15, 0.2) is 24.5 Å². The molecule has 0 fully saturated rings. The van der Waals surface area contributed by atoms with Crippen molar-refractivity contribution in [3.05, 3.63) is 36.0 Å². The van der Waals surface area contributed by atoms with Crippen molar-refractivity contribution in [1.29, 1.82) is 0 Å². The molecule has 1 aromatic heterocycles. The van der Waals surface area contributed by atoms with Gasteiger partial charge in [-0.05, 0) is 25.2 Å². The molecule has 0 aliphatic rings. The number of aromatic nitrogens is 2. The SMILES string of the molecule is CNCc1[nH]cnc1-c1cc(F)ccc1OC. The van der Waals surface area contributed by atoms with Crippen molar-refractivity contribution in [2.45, 2.75) is 6.54 Å². The van der Waals surface area contributed by atoms with E-state index in [2.05, 4.69) is 15.3 Å². The van der Waals surface area contributed by atoms with Gasteiger partial charge in [0.05, 0.1) is 24.8 Å². The van der Waals surface area contributed by atoms with Gasteiger partial charge in [0.15, 0.2) is 0 Å². The van der Waals surface area contributed by atoms with E-state index in [4.69, 9.17) is 4.74 Å². The van der Waals surface area contributed by atoms with Crippen molar-refractivity contribution in [3.63, 3.8) is 0 Å². The lowest BCUT2D eigenvalue weighted by molar-refractivity contribution is 0.415. The third-order valence-corrected chi connectivity index (χ3v) is 2.49. The van der Waals surface area contributed by atoms with E-state index >= 15 is 0 Å². The number of halogens is 1. The fraction of sp³-hybridized carbons (Fsp3) is 0.250. The van der Waals surface area contributed by atoms with E-state index in [9.17, 15) is 4.39 Å². The molecule has 0 aliphatic heterocycles. The minimum Gasteiger partial charge on any atom is -0.496 e. The molecule has 0 atom stereocenters. The second kappa shape index (κ2) is 4.97. The molecular weight excluding hydrogens is 221 g/mol. The predicted octanol–water partition coefficient (Wildman–Crippen LogP) is 1.94. The molecule has 2 rings (SSSR count). The Kier molecular flexibility index (Phi) is 3.39. The molecule has 1 heterocycles. The fourth-order valence-electron chi connectivity index (χ4n) is 1.73. The second-order valence-electron chi connectivity index (χ2n) is 3.60. The van der Waals surface area contributed by atoms with Crippen LogP contribution in [0.1, 0.15) is 5.69 Å². The van der Waals surface area contributed by atoms with Gasteiger partial charge < -0.3 is 15.0 Å². The highest BCUT2D eigenvalue weighted by Crippen LogP contribution is 2.30. The average molecular weight is 235 g/mol. The average Bonchev–Trinajstić information content (AvgIpc) is 2.77. The summed E-state index contributed by atoms with van der Waals surface area (Å²) in [5.41, 5.74) is 2.26. The Balaban J connectivity index is 2.51. The normalized spacial score (nSPS) is 10.5. The van der Waals surface area contributed by atoms with Gasteiger partial charge in [-0.15, -0.1) is 0 Å². The van der Waals surface area contributed by atoms with Crippen molar-refractivity contribution in [3.8, 4) is 17.0 Å². The number of hydrogen-bond acceptors (Lipinski definition) is 3. The number of methoxy groups -OCH3 is 1. The number of aromatic amines is 1. The highest BCUT2D eigenvalue weighted by atomic mass is 19.1. The Bertz CT molecular complexity index is 510. The first kappa shape index (κ1) is 11.6. The van der Waals surface area contributed by atoms with Gasteiger partial charge in [-0.25, -0.2) is 9.37 Å². The molecule has 2 N–H and O–H groups in total. The van der Waals surface area contributed by atoms with Gasteiger partial charge >= 0.3 is 0 Å². The summed E-state index contributed by atoms with van der Waals surface area (Å²) >= 11 is 0. The van der Waals surface area contributed by atoms with Gasteiger partial charge in [0.1, 0.15) is 11.6 Å². The van der Waals surface area contributed by atoms with E-state index in [-0.39, 0.29) is 5.82 Å². The van der Waals surface area contributed by atoms with Crippen LogP contribution in [0.2, 0.25) is 0 Å². The van der Waals surface area contributed by atoms with Crippen LogP contribution in [0.3, 0.4) is 0 Å². The van der Waals surface area contributed by atoms with E-state index in [0.29, 0.717) is 23.6 Å². The van der Waals surface area contributed by atoms with Crippen LogP contribution in [0.25, 0.3) is 11.3 Å². The fourth-order valence-corrected chi connectivity index (χ4v) is 1.73. The Hall–Kier alpha value is -1.88. The number of hydrogen-bond donors (Lipinski definition) is 2. The second-order valence-corrected chi connectivity index (χ2v) is 3.60. The maximum atomic E-state index is 13.3. The zero-order valence-corrected chi connectivity index (χ0v) is 9.75. The third kappa shape index (κ3) is 2.29. The van der Waals surface area contributed by atoms with Crippen molar-refractivity contribution < 1.29 is 9.13 Å². The Labute approximate surface area is 98.8 Å². The summed E-state index contributed by atoms with van der Waals surface area (Å²) in [4.78, 5) is 7.24. The maximum Gasteiger partial charge on any atom is 0.128 e. The molecular formula is C12H14FN3O. The smallest absolute Gasteiger partial charge is 0.128 e. The van der Waals surface area contributed by atoms with Crippen LogP contribution < -0.4 is 10.1 Å². The summed E-state index contributed by atoms with van der Waals surface area (Å²) in [6, 6.07) is 4.39. The van der Waals surface area contributed by atoms with Crippen LogP contribution in [-0.4, -0.2) is 24.1 Å². The molecule has 0 radical (unpaired) electrons. The lowest BCUT2D eigenvalue weighted by Gasteiger charge is -2.08. The summed E-state index contributed by atoms with van der Waals surface area (Å²) in [5, 5.41) is 3.03. The number of imidazole rings is 1. The van der Waals surface area contributed by atoms with Crippen molar-refractivity contribution in [1.82, 2.24) is 15.3 Å². The Morgan fingerprint density at radius 1 is 1.47 bits per heavy atom. The number of nitrogens with one attached hydrogen (secondary N) is 2. The van der Waals surface area contributed by atoms with Crippen molar-refractivity contribution >= 4 is 0 Å². The minimum absolute atomic E-state index is 0.306. The number of H-pyrrole nitrogens is 1. The molecule has 0 unspecified atom stereocenters. The lowest BCUT2D eigenvalue weighted by Crippen LogP contribution is -2.06. The van der Waals surface area contributed by atoms with E-state index in [1.165, 1.54) is 12.1 Å². The topological polar surface area (TPSA) is 49.9 Å². The van der Waals surface area contributed by atoms with Crippen LogP contribution in [0.4, 0.5) is 4.39 Å². The first-order chi connectivity index (χ1) is 8.26. The molecule has 4 nitrogen and oxygen atoms in total. The Morgan fingerprint density at radius 3 is 3.00 bits per heavy atom. The standard InChI is InChI=1S/C12H14FN3O/c1-14-6-10-12(16-7-15-10)9-5-8(13)3-4-11(9)17-2/h3-5,7,14H,6H2,1-2H3,(H,15,16). The van der Waals surface area contributed by atoms with Crippen molar-refractivity contribution in [2.75, 3.05) is 14.2 Å². The highest BCUT2D eigenvalue weighted by molar-refractivity contribution is 5.69. The van der Waals surface area contributed by atoms with Gasteiger partial charge in [0, 0.05) is 12.1 Å². The molecule has 1 aromatic carbocycles. The van der Waals surface area contributed by atoms with E-state index in [0.717, 1.165) is 5.69 Å². The zero-order valence-electron chi connectivity index (χ0n) is 9.75. The summed E-state index contributed by atoms with van der Waals surface area (Å²) < 4.78 is 18.5. The number of benzene rings is 1. The van der Waals surface area contributed by atoms with Crippen LogP contribution in [0, 0.1) is 5.82 Å². The van der Waals surface area contributed by atoms with E-state index < -0.39 is 0 Å². The molecule has 0 saturated carbocycles. The Morgan fingerprint density at radius 2 is 2.29 bits per heavy atom. The highest BCUT2D eigenvalue weighted by Gasteiger charge is 2.13. The molecule has 17 heavy (non-hydrogen) atoms. The van der Waals surface area contributed by atoms with Gasteiger partial charge in [0.2, 0.25) is 0 Å². The molecule has 5 heteroatoms. The first-order valence-corrected chi connectivity index (χ1v) is 5.27.